The maximum Gasteiger partial charge on any atom is 0.407 e. The molecule has 2 aromatic rings. The number of piperazine rings is 1. The number of nitrogens with zero attached hydrogens (tertiary/aromatic N) is 2. The molecule has 2 aliphatic rings. The van der Waals surface area contributed by atoms with Gasteiger partial charge in [0.1, 0.15) is 18.2 Å². The highest BCUT2D eigenvalue weighted by molar-refractivity contribution is 6.00. The highest BCUT2D eigenvalue weighted by Crippen LogP contribution is 2.34. The lowest BCUT2D eigenvalue weighted by atomic mass is 9.81. The fourth-order valence-corrected chi connectivity index (χ4v) is 5.93. The van der Waals surface area contributed by atoms with Crippen LogP contribution >= 0.6 is 0 Å². The number of rotatable bonds is 14. The summed E-state index contributed by atoms with van der Waals surface area (Å²) in [4.78, 5) is 43.7. The first kappa shape index (κ1) is 30.6. The van der Waals surface area contributed by atoms with Crippen molar-refractivity contribution in [2.24, 2.45) is 0 Å². The fourth-order valence-electron chi connectivity index (χ4n) is 5.93. The molecule has 0 radical (unpaired) electrons. The lowest BCUT2D eigenvalue weighted by Crippen LogP contribution is -2.72. The summed E-state index contributed by atoms with van der Waals surface area (Å²) in [5.41, 5.74) is 1.52. The van der Waals surface area contributed by atoms with Crippen LogP contribution in [0.1, 0.15) is 69.4 Å². The van der Waals surface area contributed by atoms with Crippen LogP contribution in [0, 0.1) is 0 Å². The molecule has 0 saturated carbocycles. The van der Waals surface area contributed by atoms with E-state index >= 15 is 0 Å². The molecule has 2 aromatic carbocycles. The van der Waals surface area contributed by atoms with E-state index in [1.54, 1.807) is 0 Å². The van der Waals surface area contributed by atoms with E-state index in [4.69, 9.17) is 4.74 Å². The fraction of sp³-hybridized carbons (Fsp3) is 0.545. The van der Waals surface area contributed by atoms with Gasteiger partial charge in [-0.15, -0.1) is 0 Å². The summed E-state index contributed by atoms with van der Waals surface area (Å²) >= 11 is 0. The van der Waals surface area contributed by atoms with E-state index in [1.165, 1.54) is 5.56 Å². The van der Waals surface area contributed by atoms with Crippen molar-refractivity contribution < 1.29 is 19.1 Å². The third-order valence-electron chi connectivity index (χ3n) is 8.44. The number of nitrogens with one attached hydrogen (secondary N) is 2. The van der Waals surface area contributed by atoms with E-state index < -0.39 is 17.7 Å². The van der Waals surface area contributed by atoms with Crippen molar-refractivity contribution in [3.8, 4) is 0 Å². The number of ether oxygens (including phenoxy) is 1. The molecule has 0 unspecified atom stereocenters. The van der Waals surface area contributed by atoms with Crippen LogP contribution < -0.4 is 10.6 Å². The second kappa shape index (κ2) is 15.6. The minimum absolute atomic E-state index is 0.00363. The first-order valence-electron chi connectivity index (χ1n) is 15.3. The molecule has 3 amide bonds. The first-order chi connectivity index (χ1) is 20.0. The van der Waals surface area contributed by atoms with Gasteiger partial charge >= 0.3 is 6.09 Å². The quantitative estimate of drug-likeness (QED) is 0.327. The predicted octanol–water partition coefficient (Wildman–Crippen LogP) is 4.68. The molecule has 8 nitrogen and oxygen atoms in total. The number of amides is 3. The molecular weight excluding hydrogens is 516 g/mol. The van der Waals surface area contributed by atoms with Crippen molar-refractivity contribution in [1.29, 1.82) is 0 Å². The number of piperidine rings is 1. The molecule has 2 aliphatic heterocycles. The summed E-state index contributed by atoms with van der Waals surface area (Å²) in [6.07, 6.45) is 6.90. The Morgan fingerprint density at radius 2 is 1.61 bits per heavy atom. The van der Waals surface area contributed by atoms with E-state index in [-0.39, 0.29) is 18.4 Å². The van der Waals surface area contributed by atoms with Crippen LogP contribution in [0.5, 0.6) is 0 Å². The Morgan fingerprint density at radius 3 is 2.29 bits per heavy atom. The Labute approximate surface area is 244 Å². The molecule has 222 valence electrons. The number of benzene rings is 2. The average molecular weight is 563 g/mol. The Morgan fingerprint density at radius 1 is 0.927 bits per heavy atom. The summed E-state index contributed by atoms with van der Waals surface area (Å²) in [7, 11) is 0. The highest BCUT2D eigenvalue weighted by atomic mass is 16.5. The van der Waals surface area contributed by atoms with E-state index in [0.29, 0.717) is 38.8 Å². The molecule has 2 N–H and O–H groups in total. The number of carbonyl (C=O) groups is 3. The van der Waals surface area contributed by atoms with Gasteiger partial charge < -0.3 is 25.2 Å². The molecule has 1 atom stereocenters. The average Bonchev–Trinajstić information content (AvgIpc) is 3.01. The van der Waals surface area contributed by atoms with Gasteiger partial charge in [-0.2, -0.15) is 0 Å². The van der Waals surface area contributed by atoms with Gasteiger partial charge in [0.2, 0.25) is 11.8 Å². The second-order valence-electron chi connectivity index (χ2n) is 11.3. The Hall–Kier alpha value is -3.39. The van der Waals surface area contributed by atoms with Crippen LogP contribution in [-0.4, -0.2) is 72.0 Å². The minimum Gasteiger partial charge on any atom is -0.445 e. The molecule has 2 heterocycles. The Balaban J connectivity index is 1.24. The maximum absolute atomic E-state index is 13.7. The maximum atomic E-state index is 13.7. The van der Waals surface area contributed by atoms with Gasteiger partial charge in [-0.1, -0.05) is 80.4 Å². The van der Waals surface area contributed by atoms with Crippen molar-refractivity contribution in [3.63, 3.8) is 0 Å². The summed E-state index contributed by atoms with van der Waals surface area (Å²) in [5.74, 6) is 0.0533. The minimum atomic E-state index is -0.741. The van der Waals surface area contributed by atoms with Crippen molar-refractivity contribution >= 4 is 17.9 Å². The normalized spacial score (nSPS) is 18.8. The molecular formula is C33H46N4O4. The van der Waals surface area contributed by atoms with Crippen molar-refractivity contribution in [3.05, 3.63) is 71.8 Å². The molecule has 1 spiro atoms. The van der Waals surface area contributed by atoms with Gasteiger partial charge in [-0.05, 0) is 56.1 Å². The van der Waals surface area contributed by atoms with Crippen molar-refractivity contribution in [2.45, 2.75) is 82.9 Å². The number of hydrogen-bond acceptors (Lipinski definition) is 5. The van der Waals surface area contributed by atoms with E-state index in [0.717, 1.165) is 57.3 Å². The van der Waals surface area contributed by atoms with Crippen LogP contribution in [-0.2, 0) is 27.4 Å². The molecule has 0 bridgehead atoms. The van der Waals surface area contributed by atoms with E-state index in [2.05, 4.69) is 46.7 Å². The lowest BCUT2D eigenvalue weighted by Gasteiger charge is -2.51. The number of alkyl carbamates (subject to hydrolysis) is 1. The molecule has 0 aliphatic carbocycles. The summed E-state index contributed by atoms with van der Waals surface area (Å²) < 4.78 is 5.25. The topological polar surface area (TPSA) is 91.0 Å². The molecule has 2 saturated heterocycles. The molecule has 4 rings (SSSR count). The van der Waals surface area contributed by atoms with Gasteiger partial charge in [0.15, 0.2) is 0 Å². The predicted molar refractivity (Wildman–Crippen MR) is 160 cm³/mol. The third kappa shape index (κ3) is 8.55. The summed E-state index contributed by atoms with van der Waals surface area (Å²) in [5, 5.41) is 5.87. The van der Waals surface area contributed by atoms with E-state index in [9.17, 15) is 14.4 Å². The zero-order valence-electron chi connectivity index (χ0n) is 24.5. The van der Waals surface area contributed by atoms with Crippen LogP contribution in [0.15, 0.2) is 60.7 Å². The number of unbranched alkanes of at least 4 members (excludes halogenated alkanes) is 3. The van der Waals surface area contributed by atoms with Crippen molar-refractivity contribution in [2.75, 3.05) is 32.7 Å². The Bertz CT molecular complexity index is 1100. The summed E-state index contributed by atoms with van der Waals surface area (Å²) in [6, 6.07) is 19.5. The van der Waals surface area contributed by atoms with Crippen molar-refractivity contribution in [1.82, 2.24) is 20.4 Å². The number of hydrogen-bond donors (Lipinski definition) is 2. The molecule has 8 heteroatoms. The largest absolute Gasteiger partial charge is 0.445 e. The zero-order valence-corrected chi connectivity index (χ0v) is 24.5. The highest BCUT2D eigenvalue weighted by Gasteiger charge is 2.53. The Kier molecular flexibility index (Phi) is 11.6. The SMILES string of the molecule is CCCCCN1C(=O)[C@H](CCCCNC(=O)OCc2ccccc2)NC(=O)C12CCN(CCc1ccccc1)CC2. The van der Waals surface area contributed by atoms with Crippen LogP contribution in [0.2, 0.25) is 0 Å². The summed E-state index contributed by atoms with van der Waals surface area (Å²) in [6.45, 7) is 6.07. The van der Waals surface area contributed by atoms with Gasteiger partial charge in [-0.25, -0.2) is 4.79 Å². The monoisotopic (exact) mass is 562 g/mol. The lowest BCUT2D eigenvalue weighted by molar-refractivity contribution is -0.161. The first-order valence-corrected chi connectivity index (χ1v) is 15.3. The van der Waals surface area contributed by atoms with Crippen LogP contribution in [0.3, 0.4) is 0 Å². The standard InChI is InChI=1S/C33H46N4O4/c1-2-3-12-22-37-30(38)29(17-10-11-21-34-32(40)41-26-28-15-8-5-9-16-28)35-31(39)33(37)19-24-36(25-20-33)23-18-27-13-6-4-7-14-27/h4-9,13-16,29H,2-3,10-12,17-26H2,1H3,(H,34,40)(H,35,39)/t29-/m0/s1. The molecule has 0 aromatic heterocycles. The number of carbonyl (C=O) groups excluding carboxylic acids is 3. The zero-order chi connectivity index (χ0) is 28.9. The van der Waals surface area contributed by atoms with Gasteiger partial charge in [0.25, 0.3) is 0 Å². The number of likely N-dealkylation sites (tertiary alicyclic amines) is 1. The second-order valence-corrected chi connectivity index (χ2v) is 11.3. The van der Waals surface area contributed by atoms with Crippen LogP contribution in [0.25, 0.3) is 0 Å². The van der Waals surface area contributed by atoms with Gasteiger partial charge in [0, 0.05) is 32.7 Å². The van der Waals surface area contributed by atoms with E-state index in [1.807, 2.05) is 41.3 Å². The third-order valence-corrected chi connectivity index (χ3v) is 8.44. The molecule has 41 heavy (non-hydrogen) atoms. The van der Waals surface area contributed by atoms with Gasteiger partial charge in [0.05, 0.1) is 0 Å². The van der Waals surface area contributed by atoms with Gasteiger partial charge in [-0.3, -0.25) is 9.59 Å². The molecule has 2 fully saturated rings. The van der Waals surface area contributed by atoms with Crippen LogP contribution in [0.4, 0.5) is 4.79 Å². The smallest absolute Gasteiger partial charge is 0.407 e.